The molecule has 2 rings (SSSR count). The van der Waals surface area contributed by atoms with E-state index in [1.807, 2.05) is 45.0 Å². The Morgan fingerprint density at radius 2 is 1.95 bits per heavy atom. The highest BCUT2D eigenvalue weighted by atomic mass is 16.4. The SMILES string of the molecule is CC(C)(C)[C@H](N)C(=O)N1CC(C(=O)O)Cc2ccccc21. The van der Waals surface area contributed by atoms with Crippen molar-refractivity contribution in [3.63, 3.8) is 0 Å². The van der Waals surface area contributed by atoms with Gasteiger partial charge in [0.05, 0.1) is 12.0 Å². The highest BCUT2D eigenvalue weighted by Crippen LogP contribution is 2.31. The van der Waals surface area contributed by atoms with E-state index in [0.29, 0.717) is 6.42 Å². The Morgan fingerprint density at radius 3 is 2.52 bits per heavy atom. The number of nitrogens with two attached hydrogens (primary N) is 1. The first kappa shape index (κ1) is 15.5. The van der Waals surface area contributed by atoms with Crippen LogP contribution < -0.4 is 10.6 Å². The van der Waals surface area contributed by atoms with Crippen LogP contribution >= 0.6 is 0 Å². The Bertz CT molecular complexity index is 563. The van der Waals surface area contributed by atoms with Gasteiger partial charge < -0.3 is 15.7 Å². The summed E-state index contributed by atoms with van der Waals surface area (Å²) in [5.41, 5.74) is 7.35. The molecule has 0 aromatic heterocycles. The van der Waals surface area contributed by atoms with Gasteiger partial charge in [-0.3, -0.25) is 9.59 Å². The number of carbonyl (C=O) groups excluding carboxylic acids is 1. The Labute approximate surface area is 124 Å². The number of carboxylic acid groups (broad SMARTS) is 1. The number of fused-ring (bicyclic) bond motifs is 1. The van der Waals surface area contributed by atoms with Crippen LogP contribution in [0.5, 0.6) is 0 Å². The van der Waals surface area contributed by atoms with Crippen LogP contribution in [0.2, 0.25) is 0 Å². The van der Waals surface area contributed by atoms with E-state index in [9.17, 15) is 14.7 Å². The third kappa shape index (κ3) is 3.08. The van der Waals surface area contributed by atoms with E-state index >= 15 is 0 Å². The van der Waals surface area contributed by atoms with Crippen molar-refractivity contribution in [1.29, 1.82) is 0 Å². The number of amides is 1. The van der Waals surface area contributed by atoms with Crippen molar-refractivity contribution in [2.24, 2.45) is 17.1 Å². The van der Waals surface area contributed by atoms with Gasteiger partial charge in [0.15, 0.2) is 0 Å². The lowest BCUT2D eigenvalue weighted by molar-refractivity contribution is -0.141. The number of carboxylic acids is 1. The molecule has 0 spiro atoms. The maximum absolute atomic E-state index is 12.7. The number of para-hydroxylation sites is 1. The standard InChI is InChI=1S/C16H22N2O3/c1-16(2,3)13(17)14(19)18-9-11(15(20)21)8-10-6-4-5-7-12(10)18/h4-7,11,13H,8-9,17H2,1-3H3,(H,20,21)/t11?,13-/m1/s1. The van der Waals surface area contributed by atoms with Crippen molar-refractivity contribution in [3.8, 4) is 0 Å². The molecular weight excluding hydrogens is 268 g/mol. The van der Waals surface area contributed by atoms with E-state index < -0.39 is 17.9 Å². The summed E-state index contributed by atoms with van der Waals surface area (Å²) in [5.74, 6) is -1.69. The molecule has 0 radical (unpaired) electrons. The summed E-state index contributed by atoms with van der Waals surface area (Å²) in [6.07, 6.45) is 0.444. The molecule has 5 heteroatoms. The van der Waals surface area contributed by atoms with Gasteiger partial charge in [-0.1, -0.05) is 39.0 Å². The lowest BCUT2D eigenvalue weighted by Gasteiger charge is -2.37. The van der Waals surface area contributed by atoms with Gasteiger partial charge in [-0.25, -0.2) is 0 Å². The average Bonchev–Trinajstić information content (AvgIpc) is 2.43. The molecule has 0 saturated carbocycles. The molecule has 0 fully saturated rings. The molecule has 0 saturated heterocycles. The maximum Gasteiger partial charge on any atom is 0.308 e. The van der Waals surface area contributed by atoms with E-state index in [2.05, 4.69) is 0 Å². The highest BCUT2D eigenvalue weighted by Gasteiger charge is 2.37. The molecule has 5 nitrogen and oxygen atoms in total. The molecule has 21 heavy (non-hydrogen) atoms. The van der Waals surface area contributed by atoms with E-state index in [1.165, 1.54) is 4.90 Å². The van der Waals surface area contributed by atoms with Gasteiger partial charge in [-0.05, 0) is 23.5 Å². The number of rotatable bonds is 2. The minimum atomic E-state index is -0.883. The third-order valence-corrected chi connectivity index (χ3v) is 3.97. The average molecular weight is 290 g/mol. The third-order valence-electron chi connectivity index (χ3n) is 3.97. The Balaban J connectivity index is 2.38. The second-order valence-corrected chi connectivity index (χ2v) is 6.66. The summed E-state index contributed by atoms with van der Waals surface area (Å²) in [6.45, 7) is 5.88. The number of aliphatic carboxylic acids is 1. The van der Waals surface area contributed by atoms with Gasteiger partial charge in [-0.2, -0.15) is 0 Å². The molecule has 1 amide bonds. The Morgan fingerprint density at radius 1 is 1.33 bits per heavy atom. The maximum atomic E-state index is 12.7. The zero-order valence-electron chi connectivity index (χ0n) is 12.7. The van der Waals surface area contributed by atoms with Crippen molar-refractivity contribution in [2.75, 3.05) is 11.4 Å². The number of anilines is 1. The van der Waals surface area contributed by atoms with Gasteiger partial charge in [0.1, 0.15) is 0 Å². The number of hydrogen-bond acceptors (Lipinski definition) is 3. The first-order valence-electron chi connectivity index (χ1n) is 7.09. The predicted molar refractivity (Wildman–Crippen MR) is 81.1 cm³/mol. The fraction of sp³-hybridized carbons (Fsp3) is 0.500. The van der Waals surface area contributed by atoms with Gasteiger partial charge in [0.2, 0.25) is 5.91 Å². The quantitative estimate of drug-likeness (QED) is 0.867. The topological polar surface area (TPSA) is 83.6 Å². The molecule has 1 aromatic carbocycles. The summed E-state index contributed by atoms with van der Waals surface area (Å²) in [7, 11) is 0. The molecule has 1 unspecified atom stereocenters. The Kier molecular flexibility index (Phi) is 4.05. The van der Waals surface area contributed by atoms with Crippen molar-refractivity contribution < 1.29 is 14.7 Å². The molecule has 1 heterocycles. The van der Waals surface area contributed by atoms with Crippen LogP contribution in [0.3, 0.4) is 0 Å². The second-order valence-electron chi connectivity index (χ2n) is 6.66. The van der Waals surface area contributed by atoms with Crippen LogP contribution in [0, 0.1) is 11.3 Å². The van der Waals surface area contributed by atoms with E-state index in [0.717, 1.165) is 11.3 Å². The summed E-state index contributed by atoms with van der Waals surface area (Å²) in [6, 6.07) is 6.75. The summed E-state index contributed by atoms with van der Waals surface area (Å²) < 4.78 is 0. The molecule has 0 bridgehead atoms. The van der Waals surface area contributed by atoms with Gasteiger partial charge in [-0.15, -0.1) is 0 Å². The number of benzene rings is 1. The van der Waals surface area contributed by atoms with Crippen molar-refractivity contribution >= 4 is 17.6 Å². The van der Waals surface area contributed by atoms with Gasteiger partial charge >= 0.3 is 5.97 Å². The van der Waals surface area contributed by atoms with E-state index in [1.54, 1.807) is 0 Å². The fourth-order valence-corrected chi connectivity index (χ4v) is 2.51. The van der Waals surface area contributed by atoms with Crippen LogP contribution in [0.25, 0.3) is 0 Å². The first-order chi connectivity index (χ1) is 9.71. The van der Waals surface area contributed by atoms with Gasteiger partial charge in [0, 0.05) is 12.2 Å². The van der Waals surface area contributed by atoms with E-state index in [4.69, 9.17) is 5.73 Å². The predicted octanol–water partition coefficient (Wildman–Crippen LogP) is 1.65. The monoisotopic (exact) mass is 290 g/mol. The lowest BCUT2D eigenvalue weighted by Crippen LogP contribution is -2.53. The van der Waals surface area contributed by atoms with Crippen molar-refractivity contribution in [3.05, 3.63) is 29.8 Å². The van der Waals surface area contributed by atoms with Crippen LogP contribution in [-0.4, -0.2) is 29.6 Å². The molecule has 114 valence electrons. The van der Waals surface area contributed by atoms with Crippen molar-refractivity contribution in [2.45, 2.75) is 33.2 Å². The first-order valence-corrected chi connectivity index (χ1v) is 7.09. The Hall–Kier alpha value is -1.88. The second kappa shape index (κ2) is 5.48. The largest absolute Gasteiger partial charge is 0.481 e. The van der Waals surface area contributed by atoms with Crippen LogP contribution in [0.1, 0.15) is 26.3 Å². The van der Waals surface area contributed by atoms with E-state index in [-0.39, 0.29) is 17.9 Å². The highest BCUT2D eigenvalue weighted by molar-refractivity contribution is 5.99. The summed E-state index contributed by atoms with van der Waals surface area (Å²) >= 11 is 0. The summed E-state index contributed by atoms with van der Waals surface area (Å²) in [4.78, 5) is 25.5. The van der Waals surface area contributed by atoms with Crippen molar-refractivity contribution in [1.82, 2.24) is 0 Å². The molecule has 1 aliphatic rings. The molecule has 3 N–H and O–H groups in total. The minimum absolute atomic E-state index is 0.176. The molecule has 2 atom stereocenters. The molecular formula is C16H22N2O3. The zero-order valence-corrected chi connectivity index (χ0v) is 12.7. The number of hydrogen-bond donors (Lipinski definition) is 2. The zero-order chi connectivity index (χ0) is 15.8. The number of carbonyl (C=O) groups is 2. The normalized spacial score (nSPS) is 19.8. The number of nitrogens with zero attached hydrogens (tertiary/aromatic N) is 1. The fourth-order valence-electron chi connectivity index (χ4n) is 2.51. The van der Waals surface area contributed by atoms with Crippen LogP contribution in [0.15, 0.2) is 24.3 Å². The minimum Gasteiger partial charge on any atom is -0.481 e. The molecule has 0 aliphatic carbocycles. The lowest BCUT2D eigenvalue weighted by atomic mass is 9.85. The smallest absolute Gasteiger partial charge is 0.308 e. The van der Waals surface area contributed by atoms with Crippen LogP contribution in [-0.2, 0) is 16.0 Å². The van der Waals surface area contributed by atoms with Gasteiger partial charge in [0.25, 0.3) is 0 Å². The molecule has 1 aromatic rings. The summed E-state index contributed by atoms with van der Waals surface area (Å²) in [5, 5.41) is 9.29. The molecule has 1 aliphatic heterocycles. The van der Waals surface area contributed by atoms with Crippen LogP contribution in [0.4, 0.5) is 5.69 Å².